The van der Waals surface area contributed by atoms with Crippen LogP contribution in [0, 0.1) is 20.8 Å². The number of hydrogen-bond donors (Lipinski definition) is 3. The van der Waals surface area contributed by atoms with Gasteiger partial charge < -0.3 is 20.0 Å². The molecule has 1 saturated heterocycles. The Morgan fingerprint density at radius 1 is 0.976 bits per heavy atom. The Morgan fingerprint density at radius 3 is 2.12 bits per heavy atom. The van der Waals surface area contributed by atoms with Crippen LogP contribution < -0.4 is 14.5 Å². The summed E-state index contributed by atoms with van der Waals surface area (Å²) in [5.41, 5.74) is 4.04. The average molecular weight is 609 g/mol. The molecule has 1 aromatic heterocycles. The van der Waals surface area contributed by atoms with Gasteiger partial charge in [0.25, 0.3) is 10.0 Å². The van der Waals surface area contributed by atoms with Crippen LogP contribution in [-0.4, -0.2) is 67.4 Å². The smallest absolute Gasteiger partial charge is 0.478 e. The lowest BCUT2D eigenvalue weighted by Crippen LogP contribution is -2.52. The first-order chi connectivity index (χ1) is 19.5. The van der Waals surface area contributed by atoms with Crippen molar-refractivity contribution >= 4 is 39.2 Å². The number of aliphatic carboxylic acids is 1. The number of piperazine rings is 1. The number of benzene rings is 2. The lowest BCUT2D eigenvalue weighted by molar-refractivity contribution is -0.192. The Hall–Kier alpha value is -4.33. The van der Waals surface area contributed by atoms with Gasteiger partial charge in [-0.25, -0.2) is 23.0 Å². The molecule has 42 heavy (non-hydrogen) atoms. The molecule has 3 aromatic rings. The minimum Gasteiger partial charge on any atom is -0.478 e. The molecule has 0 radical (unpaired) electrons. The molecule has 1 aliphatic rings. The van der Waals surface area contributed by atoms with Crippen LogP contribution in [0.1, 0.15) is 34.0 Å². The number of pyridine rings is 1. The zero-order valence-electron chi connectivity index (χ0n) is 23.3. The molecule has 0 bridgehead atoms. The van der Waals surface area contributed by atoms with E-state index in [1.807, 2.05) is 30.9 Å². The number of aromatic nitrogens is 1. The molecule has 1 aliphatic heterocycles. The molecule has 4 rings (SSSR count). The van der Waals surface area contributed by atoms with Crippen LogP contribution >= 0.6 is 0 Å². The van der Waals surface area contributed by atoms with E-state index in [0.717, 1.165) is 16.8 Å². The Labute approximate surface area is 241 Å². The summed E-state index contributed by atoms with van der Waals surface area (Å²) in [5.74, 6) is -3.58. The second kappa shape index (κ2) is 12.7. The molecule has 0 spiro atoms. The highest BCUT2D eigenvalue weighted by molar-refractivity contribution is 7.92. The fourth-order valence-corrected chi connectivity index (χ4v) is 5.79. The molecule has 0 saturated carbocycles. The van der Waals surface area contributed by atoms with E-state index in [1.54, 1.807) is 12.1 Å². The number of carboxylic acid groups (broad SMARTS) is 2. The highest BCUT2D eigenvalue weighted by atomic mass is 32.2. The van der Waals surface area contributed by atoms with E-state index in [-0.39, 0.29) is 22.2 Å². The molecule has 1 fully saturated rings. The van der Waals surface area contributed by atoms with Crippen molar-refractivity contribution in [1.29, 1.82) is 0 Å². The van der Waals surface area contributed by atoms with Crippen molar-refractivity contribution in [2.24, 2.45) is 0 Å². The maximum Gasteiger partial charge on any atom is 0.490 e. The molecule has 226 valence electrons. The summed E-state index contributed by atoms with van der Waals surface area (Å²) in [6.07, 6.45) is -3.71. The molecule has 3 N–H and O–H groups in total. The first-order valence-corrected chi connectivity index (χ1v) is 14.2. The van der Waals surface area contributed by atoms with E-state index >= 15 is 0 Å². The van der Waals surface area contributed by atoms with Gasteiger partial charge >= 0.3 is 18.1 Å². The SMILES string of the molecule is Cc1cccc(N2CCN(c3ncc(NS(=O)(=O)c4cc(C)cc(C)c4)cc3C(=O)O)CC2C)c1.O=C(O)C(F)(F)F. The van der Waals surface area contributed by atoms with Gasteiger partial charge in [-0.3, -0.25) is 4.72 Å². The van der Waals surface area contributed by atoms with E-state index in [2.05, 4.69) is 46.7 Å². The number of rotatable bonds is 6. The van der Waals surface area contributed by atoms with Gasteiger partial charge in [-0.1, -0.05) is 18.2 Å². The van der Waals surface area contributed by atoms with Gasteiger partial charge in [-0.15, -0.1) is 0 Å². The monoisotopic (exact) mass is 608 g/mol. The number of halogens is 3. The summed E-state index contributed by atoms with van der Waals surface area (Å²) in [7, 11) is -3.89. The number of anilines is 3. The Kier molecular flexibility index (Phi) is 9.71. The quantitative estimate of drug-likeness (QED) is 0.358. The van der Waals surface area contributed by atoms with Gasteiger partial charge in [-0.2, -0.15) is 13.2 Å². The molecule has 10 nitrogen and oxygen atoms in total. The maximum absolute atomic E-state index is 12.9. The highest BCUT2D eigenvalue weighted by Gasteiger charge is 2.38. The van der Waals surface area contributed by atoms with Crippen molar-refractivity contribution in [3.05, 3.63) is 77.0 Å². The van der Waals surface area contributed by atoms with E-state index in [9.17, 15) is 31.5 Å². The predicted molar refractivity (Wildman–Crippen MR) is 152 cm³/mol. The number of aryl methyl sites for hydroxylation is 3. The zero-order chi connectivity index (χ0) is 31.4. The maximum atomic E-state index is 12.9. The van der Waals surface area contributed by atoms with Gasteiger partial charge in [-0.05, 0) is 74.7 Å². The molecule has 0 aliphatic carbocycles. The second-order valence-corrected chi connectivity index (χ2v) is 11.6. The lowest BCUT2D eigenvalue weighted by Gasteiger charge is -2.42. The van der Waals surface area contributed by atoms with Crippen LogP contribution in [0.3, 0.4) is 0 Å². The Balaban J connectivity index is 0.000000616. The van der Waals surface area contributed by atoms with Crippen LogP contribution in [0.4, 0.5) is 30.4 Å². The van der Waals surface area contributed by atoms with Crippen LogP contribution in [-0.2, 0) is 14.8 Å². The fourth-order valence-electron chi connectivity index (χ4n) is 4.57. The Morgan fingerprint density at radius 2 is 1.60 bits per heavy atom. The molecular weight excluding hydrogens is 577 g/mol. The minimum absolute atomic E-state index is 0.0400. The van der Waals surface area contributed by atoms with Gasteiger partial charge in [0.1, 0.15) is 11.4 Å². The third kappa shape index (κ3) is 8.12. The first-order valence-electron chi connectivity index (χ1n) is 12.7. The number of aromatic carboxylic acids is 1. The summed E-state index contributed by atoms with van der Waals surface area (Å²) in [6, 6.07) is 14.8. The molecule has 14 heteroatoms. The van der Waals surface area contributed by atoms with E-state index in [1.165, 1.54) is 17.8 Å². The second-order valence-electron chi connectivity index (χ2n) is 9.96. The van der Waals surface area contributed by atoms with E-state index < -0.39 is 28.1 Å². The predicted octanol–water partition coefficient (Wildman–Crippen LogP) is 4.85. The fraction of sp³-hybridized carbons (Fsp3) is 0.321. The third-order valence-electron chi connectivity index (χ3n) is 6.36. The molecule has 1 atom stereocenters. The Bertz CT molecular complexity index is 1560. The van der Waals surface area contributed by atoms with E-state index in [4.69, 9.17) is 9.90 Å². The number of sulfonamides is 1. The van der Waals surface area contributed by atoms with Gasteiger partial charge in [0.15, 0.2) is 0 Å². The molecule has 2 aromatic carbocycles. The normalized spacial score (nSPS) is 15.5. The standard InChI is InChI=1S/C26H30N4O4S.C2HF3O2/c1-17-6-5-7-22(11-17)30-9-8-29(16-20(30)4)25-24(26(31)32)14-21(15-27-25)28-35(33,34)23-12-18(2)10-19(3)13-23;3-2(4,5)1(6)7/h5-7,10-15,20,28H,8-9,16H2,1-4H3,(H,31,32);(H,6,7). The summed E-state index contributed by atoms with van der Waals surface area (Å²) in [5, 5.41) is 17.0. The van der Waals surface area contributed by atoms with Crippen molar-refractivity contribution in [1.82, 2.24) is 4.98 Å². The van der Waals surface area contributed by atoms with Gasteiger partial charge in [0.05, 0.1) is 16.8 Å². The summed E-state index contributed by atoms with van der Waals surface area (Å²) in [4.78, 5) is 29.7. The number of nitrogens with one attached hydrogen (secondary N) is 1. The first kappa shape index (κ1) is 32.2. The van der Waals surface area contributed by atoms with E-state index in [0.29, 0.717) is 25.5 Å². The average Bonchev–Trinajstić information content (AvgIpc) is 2.87. The van der Waals surface area contributed by atoms with Crippen molar-refractivity contribution in [2.45, 2.75) is 44.8 Å². The molecule has 1 unspecified atom stereocenters. The number of hydrogen-bond acceptors (Lipinski definition) is 7. The molecular formula is C28H31F3N4O6S. The summed E-state index contributed by atoms with van der Waals surface area (Å²) < 4.78 is 60.0. The topological polar surface area (TPSA) is 140 Å². The van der Waals surface area contributed by atoms with Crippen molar-refractivity contribution < 1.29 is 41.4 Å². The molecule has 0 amide bonds. The number of alkyl halides is 3. The van der Waals surface area contributed by atoms with Crippen LogP contribution in [0.5, 0.6) is 0 Å². The van der Waals surface area contributed by atoms with Gasteiger partial charge in [0.2, 0.25) is 0 Å². The van der Waals surface area contributed by atoms with Crippen molar-refractivity contribution in [3.8, 4) is 0 Å². The summed E-state index contributed by atoms with van der Waals surface area (Å²) in [6.45, 7) is 9.71. The third-order valence-corrected chi connectivity index (χ3v) is 7.72. The van der Waals surface area contributed by atoms with Gasteiger partial charge in [0, 0.05) is 31.4 Å². The minimum atomic E-state index is -5.08. The highest BCUT2D eigenvalue weighted by Crippen LogP contribution is 2.28. The largest absolute Gasteiger partial charge is 0.490 e. The number of carboxylic acids is 2. The van der Waals surface area contributed by atoms with Crippen molar-refractivity contribution in [3.63, 3.8) is 0 Å². The van der Waals surface area contributed by atoms with Crippen LogP contribution in [0.15, 0.2) is 59.6 Å². The van der Waals surface area contributed by atoms with Crippen LogP contribution in [0.2, 0.25) is 0 Å². The lowest BCUT2D eigenvalue weighted by atomic mass is 10.1. The number of nitrogens with zero attached hydrogens (tertiary/aromatic N) is 3. The summed E-state index contributed by atoms with van der Waals surface area (Å²) >= 11 is 0. The van der Waals surface area contributed by atoms with Crippen LogP contribution in [0.25, 0.3) is 0 Å². The van der Waals surface area contributed by atoms with Crippen molar-refractivity contribution in [2.75, 3.05) is 34.2 Å². The zero-order valence-corrected chi connectivity index (χ0v) is 24.1. The number of carbonyl (C=O) groups is 2. The molecule has 2 heterocycles.